The third-order valence-corrected chi connectivity index (χ3v) is 3.56. The van der Waals surface area contributed by atoms with Crippen LogP contribution in [0.2, 0.25) is 0 Å². The van der Waals surface area contributed by atoms with Crippen LogP contribution in [0.1, 0.15) is 40.4 Å². The maximum atomic E-state index is 12.5. The summed E-state index contributed by atoms with van der Waals surface area (Å²) in [5.74, 6) is 0.377. The topological polar surface area (TPSA) is 84.7 Å². The Labute approximate surface area is 147 Å². The molecule has 0 saturated carbocycles. The van der Waals surface area contributed by atoms with Gasteiger partial charge in [-0.1, -0.05) is 19.9 Å². The molecule has 0 saturated heterocycles. The number of pyridine rings is 1. The van der Waals surface area contributed by atoms with Crippen molar-refractivity contribution in [2.45, 2.75) is 52.8 Å². The first kappa shape index (κ1) is 18.8. The van der Waals surface area contributed by atoms with Gasteiger partial charge in [-0.2, -0.15) is 0 Å². The van der Waals surface area contributed by atoms with Gasteiger partial charge in [-0.3, -0.25) is 4.79 Å². The molecule has 7 heteroatoms. The molecule has 2 aromatic heterocycles. The number of hydrogen-bond donors (Lipinski definition) is 2. The molecule has 2 N–H and O–H groups in total. The van der Waals surface area contributed by atoms with E-state index in [1.54, 1.807) is 27.0 Å². The molecule has 2 aromatic rings. The van der Waals surface area contributed by atoms with Crippen LogP contribution in [-0.2, 0) is 16.1 Å². The SMILES string of the molecule is CC(C)C(NC(=O)OC(C)(C)C)C(=O)NCc1ncc2ccccn12. The highest BCUT2D eigenvalue weighted by molar-refractivity contribution is 5.85. The maximum Gasteiger partial charge on any atom is 0.408 e. The van der Waals surface area contributed by atoms with E-state index in [2.05, 4.69) is 15.6 Å². The Morgan fingerprint density at radius 1 is 1.28 bits per heavy atom. The minimum atomic E-state index is -0.680. The fourth-order valence-corrected chi connectivity index (χ4v) is 2.38. The average Bonchev–Trinajstić information content (AvgIpc) is 2.91. The normalized spacial score (nSPS) is 12.9. The van der Waals surface area contributed by atoms with Crippen LogP contribution in [0.5, 0.6) is 0 Å². The molecule has 25 heavy (non-hydrogen) atoms. The fraction of sp³-hybridized carbons (Fsp3) is 0.500. The van der Waals surface area contributed by atoms with Gasteiger partial charge in [0.2, 0.25) is 5.91 Å². The van der Waals surface area contributed by atoms with Crippen LogP contribution < -0.4 is 10.6 Å². The number of imidazole rings is 1. The number of fused-ring (bicyclic) bond motifs is 1. The number of nitrogens with zero attached hydrogens (tertiary/aromatic N) is 2. The molecular formula is C18H26N4O3. The van der Waals surface area contributed by atoms with Crippen LogP contribution in [0.4, 0.5) is 4.79 Å². The zero-order chi connectivity index (χ0) is 18.6. The first-order chi connectivity index (χ1) is 11.7. The van der Waals surface area contributed by atoms with Crippen molar-refractivity contribution < 1.29 is 14.3 Å². The summed E-state index contributed by atoms with van der Waals surface area (Å²) in [6.07, 6.45) is 3.04. The number of ether oxygens (including phenoxy) is 1. The van der Waals surface area contributed by atoms with Crippen LogP contribution in [0.15, 0.2) is 30.6 Å². The summed E-state index contributed by atoms with van der Waals surface area (Å²) in [4.78, 5) is 28.8. The van der Waals surface area contributed by atoms with E-state index in [-0.39, 0.29) is 18.4 Å². The average molecular weight is 346 g/mol. The van der Waals surface area contributed by atoms with E-state index in [9.17, 15) is 9.59 Å². The van der Waals surface area contributed by atoms with Crippen molar-refractivity contribution in [2.24, 2.45) is 5.92 Å². The first-order valence-corrected chi connectivity index (χ1v) is 8.35. The zero-order valence-corrected chi connectivity index (χ0v) is 15.4. The third-order valence-electron chi connectivity index (χ3n) is 3.56. The molecule has 0 fully saturated rings. The van der Waals surface area contributed by atoms with Crippen molar-refractivity contribution in [1.82, 2.24) is 20.0 Å². The van der Waals surface area contributed by atoms with Gasteiger partial charge in [0.1, 0.15) is 17.5 Å². The lowest BCUT2D eigenvalue weighted by molar-refractivity contribution is -0.124. The number of nitrogens with one attached hydrogen (secondary N) is 2. The molecule has 0 radical (unpaired) electrons. The van der Waals surface area contributed by atoms with Crippen LogP contribution in [0.3, 0.4) is 0 Å². The molecule has 2 rings (SSSR count). The van der Waals surface area contributed by atoms with Crippen LogP contribution in [-0.4, -0.2) is 33.0 Å². The molecule has 7 nitrogen and oxygen atoms in total. The first-order valence-electron chi connectivity index (χ1n) is 8.35. The van der Waals surface area contributed by atoms with Crippen molar-refractivity contribution in [3.63, 3.8) is 0 Å². The number of aromatic nitrogens is 2. The Morgan fingerprint density at radius 3 is 2.64 bits per heavy atom. The minimum Gasteiger partial charge on any atom is -0.444 e. The van der Waals surface area contributed by atoms with E-state index in [4.69, 9.17) is 4.74 Å². The lowest BCUT2D eigenvalue weighted by atomic mass is 10.0. The Hall–Kier alpha value is -2.57. The van der Waals surface area contributed by atoms with Crippen molar-refractivity contribution in [3.8, 4) is 0 Å². The van der Waals surface area contributed by atoms with Gasteiger partial charge in [0.15, 0.2) is 0 Å². The largest absolute Gasteiger partial charge is 0.444 e. The second-order valence-corrected chi connectivity index (χ2v) is 7.26. The highest BCUT2D eigenvalue weighted by Gasteiger charge is 2.26. The quantitative estimate of drug-likeness (QED) is 0.871. The number of hydrogen-bond acceptors (Lipinski definition) is 4. The summed E-state index contributed by atoms with van der Waals surface area (Å²) in [7, 11) is 0. The molecule has 2 amide bonds. The maximum absolute atomic E-state index is 12.5. The van der Waals surface area contributed by atoms with Gasteiger partial charge >= 0.3 is 6.09 Å². The zero-order valence-electron chi connectivity index (χ0n) is 15.4. The molecule has 0 bridgehead atoms. The standard InChI is InChI=1S/C18H26N4O3/c1-12(2)15(21-17(24)25-18(3,4)5)16(23)20-11-14-19-10-13-8-6-7-9-22(13)14/h6-10,12,15H,11H2,1-5H3,(H,20,23)(H,21,24). The van der Waals surface area contributed by atoms with Gasteiger partial charge in [-0.25, -0.2) is 9.78 Å². The van der Waals surface area contributed by atoms with Gasteiger partial charge in [-0.15, -0.1) is 0 Å². The predicted molar refractivity (Wildman–Crippen MR) is 95.0 cm³/mol. The second kappa shape index (κ2) is 7.55. The molecule has 0 aliphatic rings. The monoisotopic (exact) mass is 346 g/mol. The van der Waals surface area contributed by atoms with Crippen LogP contribution in [0.25, 0.3) is 5.52 Å². The number of alkyl carbamates (subject to hydrolysis) is 1. The van der Waals surface area contributed by atoms with Crippen molar-refractivity contribution in [2.75, 3.05) is 0 Å². The highest BCUT2D eigenvalue weighted by atomic mass is 16.6. The van der Waals surface area contributed by atoms with E-state index < -0.39 is 17.7 Å². The molecule has 1 atom stereocenters. The van der Waals surface area contributed by atoms with E-state index in [1.807, 2.05) is 42.6 Å². The summed E-state index contributed by atoms with van der Waals surface area (Å²) in [6.45, 7) is 9.34. The summed E-state index contributed by atoms with van der Waals surface area (Å²) in [5.41, 5.74) is 0.343. The molecule has 0 aliphatic carbocycles. The molecule has 0 aliphatic heterocycles. The van der Waals surface area contributed by atoms with Crippen molar-refractivity contribution in [3.05, 3.63) is 36.4 Å². The molecule has 0 spiro atoms. The van der Waals surface area contributed by atoms with Gasteiger partial charge < -0.3 is 19.8 Å². The second-order valence-electron chi connectivity index (χ2n) is 7.26. The van der Waals surface area contributed by atoms with Crippen LogP contribution in [0, 0.1) is 5.92 Å². The predicted octanol–water partition coefficient (Wildman–Crippen LogP) is 2.50. The Kier molecular flexibility index (Phi) is 5.66. The summed E-state index contributed by atoms with van der Waals surface area (Å²) in [6, 6.07) is 5.10. The van der Waals surface area contributed by atoms with Gasteiger partial charge in [0.05, 0.1) is 18.3 Å². The van der Waals surface area contributed by atoms with Crippen molar-refractivity contribution >= 4 is 17.5 Å². The van der Waals surface area contributed by atoms with E-state index >= 15 is 0 Å². The molecule has 2 heterocycles. The Morgan fingerprint density at radius 2 is 2.00 bits per heavy atom. The smallest absolute Gasteiger partial charge is 0.408 e. The Balaban J connectivity index is 1.99. The number of carbonyl (C=O) groups excluding carboxylic acids is 2. The van der Waals surface area contributed by atoms with Gasteiger partial charge in [0, 0.05) is 6.20 Å². The van der Waals surface area contributed by atoms with E-state index in [1.165, 1.54) is 0 Å². The van der Waals surface area contributed by atoms with E-state index in [0.29, 0.717) is 0 Å². The number of amides is 2. The van der Waals surface area contributed by atoms with Crippen molar-refractivity contribution in [1.29, 1.82) is 0 Å². The van der Waals surface area contributed by atoms with Gasteiger partial charge in [0.25, 0.3) is 0 Å². The van der Waals surface area contributed by atoms with Crippen LogP contribution >= 0.6 is 0 Å². The summed E-state index contributed by atoms with van der Waals surface area (Å²) < 4.78 is 7.14. The summed E-state index contributed by atoms with van der Waals surface area (Å²) >= 11 is 0. The van der Waals surface area contributed by atoms with E-state index in [0.717, 1.165) is 11.3 Å². The third kappa shape index (κ3) is 5.20. The molecular weight excluding hydrogens is 320 g/mol. The summed E-state index contributed by atoms with van der Waals surface area (Å²) in [5, 5.41) is 5.47. The fourth-order valence-electron chi connectivity index (χ4n) is 2.38. The highest BCUT2D eigenvalue weighted by Crippen LogP contribution is 2.10. The molecule has 1 unspecified atom stereocenters. The minimum absolute atomic E-state index is 0.0791. The Bertz CT molecular complexity index is 746. The number of rotatable bonds is 5. The molecule has 136 valence electrons. The lowest BCUT2D eigenvalue weighted by Gasteiger charge is -2.25. The number of carbonyl (C=O) groups is 2. The molecule has 0 aromatic carbocycles. The lowest BCUT2D eigenvalue weighted by Crippen LogP contribution is -2.50. The van der Waals surface area contributed by atoms with Gasteiger partial charge in [-0.05, 0) is 38.8 Å².